The minimum atomic E-state index is -2.69. The predicted octanol–water partition coefficient (Wildman–Crippen LogP) is 2.33. The van der Waals surface area contributed by atoms with Crippen molar-refractivity contribution in [2.75, 3.05) is 10.6 Å². The third-order valence-corrected chi connectivity index (χ3v) is 4.65. The number of hydrogen-bond donors (Lipinski definition) is 3. The van der Waals surface area contributed by atoms with Gasteiger partial charge < -0.3 is 16.0 Å². The van der Waals surface area contributed by atoms with Gasteiger partial charge in [0.05, 0.1) is 29.8 Å². The van der Waals surface area contributed by atoms with E-state index >= 15 is 0 Å². The molecule has 0 radical (unpaired) electrons. The average Bonchev–Trinajstić information content (AvgIpc) is 3.59. The largest absolute Gasteiger partial charge is 0.372 e. The minimum Gasteiger partial charge on any atom is -0.372 e. The van der Waals surface area contributed by atoms with Crippen molar-refractivity contribution in [2.24, 2.45) is 5.92 Å². The lowest BCUT2D eigenvalue weighted by Gasteiger charge is -2.19. The van der Waals surface area contributed by atoms with E-state index in [0.29, 0.717) is 17.1 Å². The minimum absolute atomic E-state index is 0.0339. The van der Waals surface area contributed by atoms with E-state index in [1.807, 2.05) is 6.07 Å². The molecule has 1 saturated carbocycles. The molecule has 1 aliphatic carbocycles. The molecular weight excluding hydrogens is 408 g/mol. The standard InChI is InChI=1S/C20H21F2N7O2/c1-10(18(21)22)28-19(30)11(2)27-14-5-13(7-24-15(14)6-23)16-8-26-17(9-25-16)29-20(31)12-3-4-12/h5,7-12,18,27H,3-4H2,1-2H3,(H,28,30)(H,26,29,31)/t10?,11-/m0/s1. The number of rotatable bonds is 8. The normalized spacial score (nSPS) is 15.0. The van der Waals surface area contributed by atoms with Crippen LogP contribution in [0.15, 0.2) is 24.7 Å². The molecule has 0 aromatic carbocycles. The fourth-order valence-electron chi connectivity index (χ4n) is 2.63. The Bertz CT molecular complexity index is 1000. The third-order valence-electron chi connectivity index (χ3n) is 4.65. The molecule has 11 heteroatoms. The summed E-state index contributed by atoms with van der Waals surface area (Å²) >= 11 is 0. The van der Waals surface area contributed by atoms with Gasteiger partial charge in [0.15, 0.2) is 11.5 Å². The van der Waals surface area contributed by atoms with Crippen LogP contribution in [0.5, 0.6) is 0 Å². The van der Waals surface area contributed by atoms with Gasteiger partial charge >= 0.3 is 0 Å². The van der Waals surface area contributed by atoms with Gasteiger partial charge in [0, 0.05) is 17.7 Å². The molecule has 0 aliphatic heterocycles. The Kier molecular flexibility index (Phi) is 6.69. The van der Waals surface area contributed by atoms with Gasteiger partial charge in [-0.05, 0) is 32.8 Å². The van der Waals surface area contributed by atoms with Gasteiger partial charge in [-0.3, -0.25) is 14.6 Å². The highest BCUT2D eigenvalue weighted by Crippen LogP contribution is 2.30. The number of hydrogen-bond acceptors (Lipinski definition) is 7. The van der Waals surface area contributed by atoms with E-state index in [1.54, 1.807) is 6.07 Å². The number of alkyl halides is 2. The molecule has 3 rings (SSSR count). The molecule has 2 aromatic heterocycles. The van der Waals surface area contributed by atoms with Crippen molar-refractivity contribution in [3.8, 4) is 17.3 Å². The number of carbonyl (C=O) groups excluding carboxylic acids is 2. The lowest BCUT2D eigenvalue weighted by molar-refractivity contribution is -0.123. The van der Waals surface area contributed by atoms with Gasteiger partial charge in [0.25, 0.3) is 6.43 Å². The van der Waals surface area contributed by atoms with Gasteiger partial charge in [-0.15, -0.1) is 0 Å². The first-order chi connectivity index (χ1) is 14.8. The van der Waals surface area contributed by atoms with Crippen molar-refractivity contribution in [3.05, 3.63) is 30.4 Å². The predicted molar refractivity (Wildman–Crippen MR) is 108 cm³/mol. The van der Waals surface area contributed by atoms with Crippen LogP contribution in [-0.4, -0.2) is 45.3 Å². The zero-order valence-corrected chi connectivity index (χ0v) is 16.9. The number of carbonyl (C=O) groups is 2. The Balaban J connectivity index is 1.73. The molecule has 2 aromatic rings. The summed E-state index contributed by atoms with van der Waals surface area (Å²) in [6, 6.07) is 1.29. The van der Waals surface area contributed by atoms with Crippen molar-refractivity contribution in [2.45, 2.75) is 45.2 Å². The Morgan fingerprint density at radius 2 is 1.90 bits per heavy atom. The van der Waals surface area contributed by atoms with Crippen LogP contribution in [0.4, 0.5) is 20.3 Å². The first-order valence-electron chi connectivity index (χ1n) is 9.67. The molecule has 0 saturated heterocycles. The number of anilines is 2. The van der Waals surface area contributed by atoms with Crippen molar-refractivity contribution in [1.82, 2.24) is 20.3 Å². The lowest BCUT2D eigenvalue weighted by Crippen LogP contribution is -2.45. The molecule has 1 unspecified atom stereocenters. The molecule has 3 N–H and O–H groups in total. The molecule has 2 atom stereocenters. The van der Waals surface area contributed by atoms with Gasteiger partial charge in [-0.1, -0.05) is 0 Å². The van der Waals surface area contributed by atoms with Gasteiger partial charge in [-0.25, -0.2) is 18.7 Å². The number of nitriles is 1. The van der Waals surface area contributed by atoms with Crippen molar-refractivity contribution in [1.29, 1.82) is 5.26 Å². The SMILES string of the molecule is CC(NC(=O)[C@H](C)Nc1cc(-c2cnc(NC(=O)C3CC3)cn2)cnc1C#N)C(F)F. The maximum Gasteiger partial charge on any atom is 0.258 e. The van der Waals surface area contributed by atoms with Crippen LogP contribution in [-0.2, 0) is 9.59 Å². The zero-order valence-electron chi connectivity index (χ0n) is 16.9. The summed E-state index contributed by atoms with van der Waals surface area (Å²) in [7, 11) is 0. The summed E-state index contributed by atoms with van der Waals surface area (Å²) < 4.78 is 25.3. The lowest BCUT2D eigenvalue weighted by atomic mass is 10.1. The fourth-order valence-corrected chi connectivity index (χ4v) is 2.63. The van der Waals surface area contributed by atoms with Crippen molar-refractivity contribution < 1.29 is 18.4 Å². The van der Waals surface area contributed by atoms with Crippen LogP contribution >= 0.6 is 0 Å². The number of nitrogens with one attached hydrogen (secondary N) is 3. The summed E-state index contributed by atoms with van der Waals surface area (Å²) in [5, 5.41) is 17.0. The van der Waals surface area contributed by atoms with E-state index in [-0.39, 0.29) is 23.2 Å². The van der Waals surface area contributed by atoms with E-state index in [2.05, 4.69) is 30.9 Å². The summed E-state index contributed by atoms with van der Waals surface area (Å²) in [6.45, 7) is 2.69. The van der Waals surface area contributed by atoms with Gasteiger partial charge in [0.1, 0.15) is 12.1 Å². The Morgan fingerprint density at radius 1 is 1.16 bits per heavy atom. The van der Waals surface area contributed by atoms with Crippen LogP contribution in [0.1, 0.15) is 32.4 Å². The summed E-state index contributed by atoms with van der Waals surface area (Å²) in [5.41, 5.74) is 1.24. The fraction of sp³-hybridized carbons (Fsp3) is 0.400. The number of halogens is 2. The number of nitrogens with zero attached hydrogens (tertiary/aromatic N) is 4. The van der Waals surface area contributed by atoms with Crippen LogP contribution in [0.2, 0.25) is 0 Å². The summed E-state index contributed by atoms with van der Waals surface area (Å²) in [5.74, 6) is -0.348. The maximum atomic E-state index is 12.7. The average molecular weight is 429 g/mol. The topological polar surface area (TPSA) is 133 Å². The molecule has 162 valence electrons. The highest BCUT2D eigenvalue weighted by Gasteiger charge is 2.29. The number of pyridine rings is 1. The Hall–Kier alpha value is -3.68. The summed E-state index contributed by atoms with van der Waals surface area (Å²) in [4.78, 5) is 36.4. The molecule has 2 amide bonds. The van der Waals surface area contributed by atoms with E-state index in [1.165, 1.54) is 32.4 Å². The zero-order chi connectivity index (χ0) is 22.5. The summed E-state index contributed by atoms with van der Waals surface area (Å²) in [6.07, 6.45) is 3.37. The van der Waals surface area contributed by atoms with Crippen LogP contribution < -0.4 is 16.0 Å². The van der Waals surface area contributed by atoms with Gasteiger partial charge in [0.2, 0.25) is 11.8 Å². The van der Waals surface area contributed by atoms with Crippen molar-refractivity contribution >= 4 is 23.3 Å². The van der Waals surface area contributed by atoms with E-state index in [0.717, 1.165) is 12.8 Å². The second-order valence-electron chi connectivity index (χ2n) is 7.28. The maximum absolute atomic E-state index is 12.7. The Morgan fingerprint density at radius 3 is 2.48 bits per heavy atom. The molecule has 2 heterocycles. The second-order valence-corrected chi connectivity index (χ2v) is 7.28. The van der Waals surface area contributed by atoms with Crippen LogP contribution in [0.25, 0.3) is 11.3 Å². The highest BCUT2D eigenvalue weighted by molar-refractivity contribution is 5.93. The molecule has 9 nitrogen and oxygen atoms in total. The van der Waals surface area contributed by atoms with Gasteiger partial charge in [-0.2, -0.15) is 5.26 Å². The van der Waals surface area contributed by atoms with Crippen molar-refractivity contribution in [3.63, 3.8) is 0 Å². The van der Waals surface area contributed by atoms with Crippen LogP contribution in [0, 0.1) is 17.2 Å². The molecule has 0 spiro atoms. The van der Waals surface area contributed by atoms with Crippen LogP contribution in [0.3, 0.4) is 0 Å². The number of amides is 2. The van der Waals surface area contributed by atoms with E-state index in [9.17, 15) is 23.6 Å². The molecular formula is C20H21F2N7O2. The first kappa shape index (κ1) is 22.0. The van der Waals surface area contributed by atoms with E-state index in [4.69, 9.17) is 0 Å². The molecule has 1 aliphatic rings. The smallest absolute Gasteiger partial charge is 0.258 e. The molecule has 1 fully saturated rings. The monoisotopic (exact) mass is 429 g/mol. The highest BCUT2D eigenvalue weighted by atomic mass is 19.3. The molecule has 31 heavy (non-hydrogen) atoms. The number of aromatic nitrogens is 3. The molecule has 0 bridgehead atoms. The Labute approximate surface area is 177 Å². The first-order valence-corrected chi connectivity index (χ1v) is 9.67. The third kappa shape index (κ3) is 5.69. The second kappa shape index (κ2) is 9.42. The quantitative estimate of drug-likeness (QED) is 0.587. The van der Waals surface area contributed by atoms with E-state index < -0.39 is 24.4 Å².